The number of hydrogen-bond acceptors (Lipinski definition) is 6. The number of anilines is 1. The molecule has 2 aromatic heterocycles. The standard InChI is InChI=1S/C14H14N4O3S/c1-8-7-22-14-16-13(17-18(8)14)15-12(19)11-9(20-2)5-4-6-10(11)21-3/h4-7H,1-3H3,(H,15,17,19). The van der Waals surface area contributed by atoms with Gasteiger partial charge in [0.25, 0.3) is 11.9 Å². The quantitative estimate of drug-likeness (QED) is 0.799. The molecule has 1 amide bonds. The van der Waals surface area contributed by atoms with E-state index in [0.29, 0.717) is 17.1 Å². The van der Waals surface area contributed by atoms with Gasteiger partial charge in [0.1, 0.15) is 17.1 Å². The van der Waals surface area contributed by atoms with Gasteiger partial charge in [0.2, 0.25) is 4.96 Å². The predicted octanol–water partition coefficient (Wildman–Crippen LogP) is 2.37. The van der Waals surface area contributed by atoms with E-state index < -0.39 is 0 Å². The van der Waals surface area contributed by atoms with Crippen LogP contribution < -0.4 is 14.8 Å². The number of thiazole rings is 1. The predicted molar refractivity (Wildman–Crippen MR) is 83.1 cm³/mol. The van der Waals surface area contributed by atoms with Crippen LogP contribution in [0.2, 0.25) is 0 Å². The second-order valence-electron chi connectivity index (χ2n) is 4.50. The average Bonchev–Trinajstić information content (AvgIpc) is 3.08. The first kappa shape index (κ1) is 14.3. The molecular formula is C14H14N4O3S. The first-order chi connectivity index (χ1) is 10.6. The fourth-order valence-electron chi connectivity index (χ4n) is 2.08. The first-order valence-corrected chi connectivity index (χ1v) is 7.35. The van der Waals surface area contributed by atoms with Gasteiger partial charge in [-0.05, 0) is 19.1 Å². The molecule has 1 N–H and O–H groups in total. The summed E-state index contributed by atoms with van der Waals surface area (Å²) in [6.07, 6.45) is 0. The minimum atomic E-state index is -0.384. The molecule has 2 heterocycles. The number of aromatic nitrogens is 3. The molecule has 0 aliphatic rings. The number of benzene rings is 1. The van der Waals surface area contributed by atoms with Gasteiger partial charge in [0.05, 0.1) is 19.9 Å². The summed E-state index contributed by atoms with van der Waals surface area (Å²) < 4.78 is 12.1. The molecule has 3 aromatic rings. The van der Waals surface area contributed by atoms with Crippen LogP contribution >= 0.6 is 11.3 Å². The van der Waals surface area contributed by atoms with Crippen LogP contribution in [0.15, 0.2) is 23.6 Å². The third-order valence-electron chi connectivity index (χ3n) is 3.13. The molecule has 0 radical (unpaired) electrons. The fourth-order valence-corrected chi connectivity index (χ4v) is 2.88. The van der Waals surface area contributed by atoms with Gasteiger partial charge in [0, 0.05) is 5.38 Å². The SMILES string of the molecule is COc1cccc(OC)c1C(=O)Nc1nc2scc(C)n2n1. The lowest BCUT2D eigenvalue weighted by atomic mass is 10.1. The van der Waals surface area contributed by atoms with Crippen molar-refractivity contribution >= 4 is 28.2 Å². The zero-order chi connectivity index (χ0) is 15.7. The van der Waals surface area contributed by atoms with Gasteiger partial charge < -0.3 is 9.47 Å². The minimum Gasteiger partial charge on any atom is -0.496 e. The largest absolute Gasteiger partial charge is 0.496 e. The summed E-state index contributed by atoms with van der Waals surface area (Å²) in [7, 11) is 3.00. The van der Waals surface area contributed by atoms with E-state index in [2.05, 4.69) is 15.4 Å². The molecule has 8 heteroatoms. The van der Waals surface area contributed by atoms with Crippen molar-refractivity contribution in [2.75, 3.05) is 19.5 Å². The smallest absolute Gasteiger partial charge is 0.265 e. The summed E-state index contributed by atoms with van der Waals surface area (Å²) in [5.74, 6) is 0.709. The van der Waals surface area contributed by atoms with E-state index in [4.69, 9.17) is 9.47 Å². The highest BCUT2D eigenvalue weighted by molar-refractivity contribution is 7.15. The number of nitrogens with one attached hydrogen (secondary N) is 1. The van der Waals surface area contributed by atoms with Gasteiger partial charge in [-0.3, -0.25) is 10.1 Å². The van der Waals surface area contributed by atoms with E-state index in [1.54, 1.807) is 22.7 Å². The Bertz CT molecular complexity index is 818. The van der Waals surface area contributed by atoms with Crippen LogP contribution in [0, 0.1) is 6.92 Å². The Hall–Kier alpha value is -2.61. The molecule has 3 rings (SSSR count). The van der Waals surface area contributed by atoms with Crippen LogP contribution in [0.4, 0.5) is 5.95 Å². The van der Waals surface area contributed by atoms with E-state index in [1.807, 2.05) is 12.3 Å². The summed E-state index contributed by atoms with van der Waals surface area (Å²) in [6.45, 7) is 1.92. The Morgan fingerprint density at radius 3 is 2.55 bits per heavy atom. The van der Waals surface area contributed by atoms with Gasteiger partial charge in [-0.25, -0.2) is 4.52 Å². The third-order valence-corrected chi connectivity index (χ3v) is 4.06. The second kappa shape index (κ2) is 5.64. The van der Waals surface area contributed by atoms with E-state index >= 15 is 0 Å². The maximum atomic E-state index is 12.5. The monoisotopic (exact) mass is 318 g/mol. The number of nitrogens with zero attached hydrogens (tertiary/aromatic N) is 3. The first-order valence-electron chi connectivity index (χ1n) is 6.47. The van der Waals surface area contributed by atoms with Crippen LogP contribution in [-0.2, 0) is 0 Å². The molecule has 0 atom stereocenters. The molecular weight excluding hydrogens is 304 g/mol. The number of carbonyl (C=O) groups is 1. The maximum Gasteiger partial charge on any atom is 0.265 e. The van der Waals surface area contributed by atoms with E-state index in [0.717, 1.165) is 10.7 Å². The molecule has 7 nitrogen and oxygen atoms in total. The highest BCUT2D eigenvalue weighted by Gasteiger charge is 2.20. The zero-order valence-corrected chi connectivity index (χ0v) is 13.1. The van der Waals surface area contributed by atoms with Crippen molar-refractivity contribution in [1.82, 2.24) is 14.6 Å². The van der Waals surface area contributed by atoms with Crippen molar-refractivity contribution in [2.45, 2.75) is 6.92 Å². The maximum absolute atomic E-state index is 12.5. The Labute approximate surface area is 130 Å². The Kier molecular flexibility index (Phi) is 3.68. The summed E-state index contributed by atoms with van der Waals surface area (Å²) in [5, 5.41) is 8.87. The molecule has 0 saturated heterocycles. The summed E-state index contributed by atoms with van der Waals surface area (Å²) in [4.78, 5) is 17.5. The Balaban J connectivity index is 1.94. The summed E-state index contributed by atoms with van der Waals surface area (Å²) in [5.41, 5.74) is 1.27. The van der Waals surface area contributed by atoms with Crippen molar-refractivity contribution in [3.05, 3.63) is 34.8 Å². The lowest BCUT2D eigenvalue weighted by Gasteiger charge is -2.11. The molecule has 0 bridgehead atoms. The zero-order valence-electron chi connectivity index (χ0n) is 12.3. The fraction of sp³-hybridized carbons (Fsp3) is 0.214. The lowest BCUT2D eigenvalue weighted by molar-refractivity contribution is 0.102. The van der Waals surface area contributed by atoms with Crippen LogP contribution in [-0.4, -0.2) is 34.7 Å². The number of fused-ring (bicyclic) bond motifs is 1. The van der Waals surface area contributed by atoms with E-state index in [9.17, 15) is 4.79 Å². The highest BCUT2D eigenvalue weighted by atomic mass is 32.1. The number of carbonyl (C=O) groups excluding carboxylic acids is 1. The van der Waals surface area contributed by atoms with Crippen molar-refractivity contribution in [3.63, 3.8) is 0 Å². The van der Waals surface area contributed by atoms with Crippen LogP contribution in [0.5, 0.6) is 11.5 Å². The van der Waals surface area contributed by atoms with E-state index in [1.165, 1.54) is 25.6 Å². The van der Waals surface area contributed by atoms with Crippen molar-refractivity contribution in [1.29, 1.82) is 0 Å². The number of hydrogen-bond donors (Lipinski definition) is 1. The summed E-state index contributed by atoms with van der Waals surface area (Å²) in [6, 6.07) is 5.14. The number of aryl methyl sites for hydroxylation is 1. The van der Waals surface area contributed by atoms with Crippen molar-refractivity contribution in [2.24, 2.45) is 0 Å². The van der Waals surface area contributed by atoms with Crippen LogP contribution in [0.3, 0.4) is 0 Å². The van der Waals surface area contributed by atoms with Gasteiger partial charge in [-0.15, -0.1) is 16.4 Å². The molecule has 0 aliphatic carbocycles. The normalized spacial score (nSPS) is 10.7. The molecule has 0 fully saturated rings. The van der Waals surface area contributed by atoms with Crippen molar-refractivity contribution < 1.29 is 14.3 Å². The number of ether oxygens (including phenoxy) is 2. The molecule has 0 saturated carbocycles. The number of amides is 1. The average molecular weight is 318 g/mol. The van der Waals surface area contributed by atoms with Crippen LogP contribution in [0.1, 0.15) is 16.1 Å². The highest BCUT2D eigenvalue weighted by Crippen LogP contribution is 2.28. The molecule has 22 heavy (non-hydrogen) atoms. The van der Waals surface area contributed by atoms with Gasteiger partial charge in [0.15, 0.2) is 0 Å². The van der Waals surface area contributed by atoms with Gasteiger partial charge in [-0.1, -0.05) is 6.07 Å². The molecule has 0 unspecified atom stereocenters. The molecule has 114 valence electrons. The molecule has 0 aliphatic heterocycles. The van der Waals surface area contributed by atoms with Gasteiger partial charge in [-0.2, -0.15) is 4.98 Å². The second-order valence-corrected chi connectivity index (χ2v) is 5.34. The number of rotatable bonds is 4. The van der Waals surface area contributed by atoms with Crippen LogP contribution in [0.25, 0.3) is 4.96 Å². The minimum absolute atomic E-state index is 0.243. The Morgan fingerprint density at radius 1 is 1.27 bits per heavy atom. The molecule has 0 spiro atoms. The third kappa shape index (κ3) is 2.37. The molecule has 1 aromatic carbocycles. The summed E-state index contributed by atoms with van der Waals surface area (Å²) >= 11 is 1.46. The van der Waals surface area contributed by atoms with Gasteiger partial charge >= 0.3 is 0 Å². The van der Waals surface area contributed by atoms with E-state index in [-0.39, 0.29) is 11.9 Å². The number of methoxy groups -OCH3 is 2. The van der Waals surface area contributed by atoms with Crippen molar-refractivity contribution in [3.8, 4) is 11.5 Å². The topological polar surface area (TPSA) is 77.8 Å². The Morgan fingerprint density at radius 2 is 1.95 bits per heavy atom. The lowest BCUT2D eigenvalue weighted by Crippen LogP contribution is -2.15.